The second kappa shape index (κ2) is 6.02. The number of nitrogens with two attached hydrogens (primary N) is 2. The maximum absolute atomic E-state index is 11.6. The third kappa shape index (κ3) is 3.74. The lowest BCUT2D eigenvalue weighted by Gasteiger charge is -2.23. The smallest absolute Gasteiger partial charge is 0.318 e. The second-order valence-electron chi connectivity index (χ2n) is 4.14. The fraction of sp³-hybridized carbons (Fsp3) is 0.333. The molecule has 1 aromatic carbocycles. The van der Waals surface area contributed by atoms with Crippen LogP contribution in [0.5, 0.6) is 0 Å². The molecule has 0 saturated carbocycles. The van der Waals surface area contributed by atoms with Gasteiger partial charge in [0.05, 0.1) is 6.04 Å². The summed E-state index contributed by atoms with van der Waals surface area (Å²) >= 11 is 0. The first-order valence-electron chi connectivity index (χ1n) is 5.55. The molecule has 0 aromatic heterocycles. The van der Waals surface area contributed by atoms with Crippen molar-refractivity contribution in [1.82, 2.24) is 10.2 Å². The van der Waals surface area contributed by atoms with E-state index in [1.165, 1.54) is 0 Å². The molecule has 1 rings (SSSR count). The van der Waals surface area contributed by atoms with Gasteiger partial charge in [-0.2, -0.15) is 0 Å². The molecule has 1 atom stereocenters. The topological polar surface area (TPSA) is 101 Å². The number of para-hydroxylation sites is 1. The molecule has 0 fully saturated rings. The number of urea groups is 1. The number of carbonyl (C=O) groups excluding carboxylic acids is 2. The molecule has 0 bridgehead atoms. The molecule has 6 heteroatoms. The molecule has 0 aliphatic rings. The first-order chi connectivity index (χ1) is 8.41. The van der Waals surface area contributed by atoms with E-state index in [0.717, 1.165) is 5.56 Å². The number of imide groups is 1. The fourth-order valence-electron chi connectivity index (χ4n) is 1.51. The Labute approximate surface area is 106 Å². The van der Waals surface area contributed by atoms with Crippen molar-refractivity contribution in [2.24, 2.45) is 5.73 Å². The number of nitrogens with one attached hydrogen (secondary N) is 1. The summed E-state index contributed by atoms with van der Waals surface area (Å²) in [4.78, 5) is 24.0. The standard InChI is InChI=1S/C12H18N4O2/c1-8(11(17)15-12(14)18)16(2)7-9-5-3-4-6-10(9)13/h3-6,8H,7,13H2,1-2H3,(H3,14,15,17,18). The van der Waals surface area contributed by atoms with E-state index in [0.29, 0.717) is 12.2 Å². The Balaban J connectivity index is 2.65. The van der Waals surface area contributed by atoms with Crippen LogP contribution in [0.25, 0.3) is 0 Å². The molecule has 0 saturated heterocycles. The molecule has 0 heterocycles. The van der Waals surface area contributed by atoms with Gasteiger partial charge in [-0.1, -0.05) is 18.2 Å². The van der Waals surface area contributed by atoms with Crippen molar-refractivity contribution in [2.45, 2.75) is 19.5 Å². The zero-order valence-corrected chi connectivity index (χ0v) is 10.5. The van der Waals surface area contributed by atoms with E-state index in [1.54, 1.807) is 24.9 Å². The van der Waals surface area contributed by atoms with Crippen molar-refractivity contribution in [3.05, 3.63) is 29.8 Å². The van der Waals surface area contributed by atoms with Gasteiger partial charge in [0.15, 0.2) is 0 Å². The lowest BCUT2D eigenvalue weighted by atomic mass is 10.1. The van der Waals surface area contributed by atoms with Gasteiger partial charge in [0.25, 0.3) is 0 Å². The Bertz CT molecular complexity index is 447. The van der Waals surface area contributed by atoms with Crippen molar-refractivity contribution in [1.29, 1.82) is 0 Å². The molecule has 0 aliphatic carbocycles. The van der Waals surface area contributed by atoms with Crippen LogP contribution in [0, 0.1) is 0 Å². The quantitative estimate of drug-likeness (QED) is 0.668. The number of benzene rings is 1. The number of anilines is 1. The summed E-state index contributed by atoms with van der Waals surface area (Å²) in [5.74, 6) is -0.431. The minimum atomic E-state index is -0.848. The minimum absolute atomic E-state index is 0.431. The normalized spacial score (nSPS) is 12.2. The number of amides is 3. The number of hydrogen-bond acceptors (Lipinski definition) is 4. The Morgan fingerprint density at radius 3 is 2.56 bits per heavy atom. The summed E-state index contributed by atoms with van der Waals surface area (Å²) in [6, 6.07) is 6.11. The van der Waals surface area contributed by atoms with E-state index in [2.05, 4.69) is 5.32 Å². The maximum atomic E-state index is 11.6. The molecule has 1 unspecified atom stereocenters. The van der Waals surface area contributed by atoms with Gasteiger partial charge in [-0.3, -0.25) is 15.0 Å². The van der Waals surface area contributed by atoms with Crippen LogP contribution in [-0.2, 0) is 11.3 Å². The van der Waals surface area contributed by atoms with Crippen molar-refractivity contribution in [2.75, 3.05) is 12.8 Å². The number of rotatable bonds is 4. The maximum Gasteiger partial charge on any atom is 0.318 e. The Morgan fingerprint density at radius 1 is 1.39 bits per heavy atom. The number of primary amides is 1. The molecule has 3 amide bonds. The van der Waals surface area contributed by atoms with Gasteiger partial charge in [0, 0.05) is 12.2 Å². The first kappa shape index (κ1) is 14.0. The largest absolute Gasteiger partial charge is 0.398 e. The lowest BCUT2D eigenvalue weighted by molar-refractivity contribution is -0.124. The van der Waals surface area contributed by atoms with Crippen molar-refractivity contribution in [3.8, 4) is 0 Å². The van der Waals surface area contributed by atoms with Crippen LogP contribution in [-0.4, -0.2) is 29.9 Å². The first-order valence-corrected chi connectivity index (χ1v) is 5.55. The molecular weight excluding hydrogens is 232 g/mol. The highest BCUT2D eigenvalue weighted by molar-refractivity contribution is 5.96. The Morgan fingerprint density at radius 2 is 2.00 bits per heavy atom. The predicted octanol–water partition coefficient (Wildman–Crippen LogP) is 0.284. The van der Waals surface area contributed by atoms with E-state index in [-0.39, 0.29) is 0 Å². The van der Waals surface area contributed by atoms with Crippen molar-refractivity contribution >= 4 is 17.6 Å². The van der Waals surface area contributed by atoms with Crippen LogP contribution >= 0.6 is 0 Å². The van der Waals surface area contributed by atoms with Gasteiger partial charge in [0.1, 0.15) is 0 Å². The van der Waals surface area contributed by atoms with Crippen LogP contribution in [0.2, 0.25) is 0 Å². The van der Waals surface area contributed by atoms with Gasteiger partial charge in [0.2, 0.25) is 5.91 Å². The fourth-order valence-corrected chi connectivity index (χ4v) is 1.51. The second-order valence-corrected chi connectivity index (χ2v) is 4.14. The molecule has 18 heavy (non-hydrogen) atoms. The third-order valence-corrected chi connectivity index (χ3v) is 2.76. The number of nitrogens with zero attached hydrogens (tertiary/aromatic N) is 1. The highest BCUT2D eigenvalue weighted by atomic mass is 16.2. The summed E-state index contributed by atoms with van der Waals surface area (Å²) < 4.78 is 0. The zero-order chi connectivity index (χ0) is 13.7. The third-order valence-electron chi connectivity index (χ3n) is 2.76. The van der Waals surface area contributed by atoms with Crippen molar-refractivity contribution < 1.29 is 9.59 Å². The summed E-state index contributed by atoms with van der Waals surface area (Å²) in [7, 11) is 1.78. The zero-order valence-electron chi connectivity index (χ0n) is 10.5. The summed E-state index contributed by atoms with van der Waals surface area (Å²) in [6.45, 7) is 2.21. The molecule has 0 radical (unpaired) electrons. The average molecular weight is 250 g/mol. The van der Waals surface area contributed by atoms with Crippen molar-refractivity contribution in [3.63, 3.8) is 0 Å². The van der Waals surface area contributed by atoms with Gasteiger partial charge in [-0.15, -0.1) is 0 Å². The monoisotopic (exact) mass is 250 g/mol. The van der Waals surface area contributed by atoms with Gasteiger partial charge < -0.3 is 11.5 Å². The molecule has 6 nitrogen and oxygen atoms in total. The Kier molecular flexibility index (Phi) is 4.67. The summed E-state index contributed by atoms with van der Waals surface area (Å²) in [5, 5.41) is 2.05. The van der Waals surface area contributed by atoms with Gasteiger partial charge in [-0.05, 0) is 25.6 Å². The molecule has 0 spiro atoms. The van der Waals surface area contributed by atoms with Crippen LogP contribution < -0.4 is 16.8 Å². The minimum Gasteiger partial charge on any atom is -0.398 e. The Hall–Kier alpha value is -2.08. The summed E-state index contributed by atoms with van der Waals surface area (Å²) in [5.41, 5.74) is 12.3. The number of hydrogen-bond donors (Lipinski definition) is 3. The molecule has 98 valence electrons. The average Bonchev–Trinajstić information content (AvgIpc) is 2.30. The number of likely N-dealkylation sites (N-methyl/N-ethyl adjacent to an activating group) is 1. The molecule has 0 aliphatic heterocycles. The van der Waals surface area contributed by atoms with E-state index in [4.69, 9.17) is 11.5 Å². The molecule has 5 N–H and O–H groups in total. The highest BCUT2D eigenvalue weighted by Crippen LogP contribution is 2.13. The van der Waals surface area contributed by atoms with Crippen LogP contribution in [0.3, 0.4) is 0 Å². The number of carbonyl (C=O) groups is 2. The molecular formula is C12H18N4O2. The van der Waals surface area contributed by atoms with Gasteiger partial charge in [-0.25, -0.2) is 4.79 Å². The van der Waals surface area contributed by atoms with E-state index >= 15 is 0 Å². The van der Waals surface area contributed by atoms with E-state index < -0.39 is 18.0 Å². The van der Waals surface area contributed by atoms with E-state index in [9.17, 15) is 9.59 Å². The van der Waals surface area contributed by atoms with Crippen LogP contribution in [0.1, 0.15) is 12.5 Å². The SMILES string of the molecule is CC(C(=O)NC(N)=O)N(C)Cc1ccccc1N. The summed E-state index contributed by atoms with van der Waals surface area (Å²) in [6.07, 6.45) is 0. The van der Waals surface area contributed by atoms with Gasteiger partial charge >= 0.3 is 6.03 Å². The van der Waals surface area contributed by atoms with E-state index in [1.807, 2.05) is 18.2 Å². The lowest BCUT2D eigenvalue weighted by Crippen LogP contribution is -2.46. The van der Waals surface area contributed by atoms with Crippen LogP contribution in [0.4, 0.5) is 10.5 Å². The van der Waals surface area contributed by atoms with Crippen LogP contribution in [0.15, 0.2) is 24.3 Å². The highest BCUT2D eigenvalue weighted by Gasteiger charge is 2.19. The predicted molar refractivity (Wildman–Crippen MR) is 69.5 cm³/mol. The molecule has 1 aromatic rings. The number of nitrogen functional groups attached to an aromatic ring is 1.